The molecule has 0 radical (unpaired) electrons. The van der Waals surface area contributed by atoms with Crippen molar-refractivity contribution in [3.05, 3.63) is 18.2 Å². The monoisotopic (exact) mass is 278 g/mol. The normalized spacial score (nSPS) is 22.3. The highest BCUT2D eigenvalue weighted by Gasteiger charge is 2.25. The van der Waals surface area contributed by atoms with Gasteiger partial charge >= 0.3 is 0 Å². The van der Waals surface area contributed by atoms with Crippen molar-refractivity contribution in [2.45, 2.75) is 25.7 Å². The van der Waals surface area contributed by atoms with Crippen molar-refractivity contribution >= 4 is 11.6 Å². The van der Waals surface area contributed by atoms with Crippen molar-refractivity contribution in [3.8, 4) is 11.5 Å². The van der Waals surface area contributed by atoms with Crippen molar-refractivity contribution in [2.24, 2.45) is 17.6 Å². The number of carbonyl (C=O) groups excluding carboxylic acids is 1. The van der Waals surface area contributed by atoms with Crippen LogP contribution in [-0.2, 0) is 4.79 Å². The second kappa shape index (κ2) is 6.61. The van der Waals surface area contributed by atoms with Gasteiger partial charge in [0.2, 0.25) is 5.91 Å². The van der Waals surface area contributed by atoms with E-state index in [1.807, 2.05) is 0 Å². The van der Waals surface area contributed by atoms with Crippen LogP contribution in [0.2, 0.25) is 0 Å². The van der Waals surface area contributed by atoms with E-state index in [9.17, 15) is 9.90 Å². The number of hydrogen-bond donors (Lipinski definition) is 3. The number of carbonyl (C=O) groups is 1. The van der Waals surface area contributed by atoms with E-state index < -0.39 is 0 Å². The van der Waals surface area contributed by atoms with E-state index in [1.54, 1.807) is 12.1 Å². The predicted octanol–water partition coefficient (Wildman–Crippen LogP) is 2.10. The van der Waals surface area contributed by atoms with Crippen LogP contribution in [0.4, 0.5) is 5.69 Å². The van der Waals surface area contributed by atoms with Gasteiger partial charge in [0.1, 0.15) is 0 Å². The van der Waals surface area contributed by atoms with Crippen LogP contribution in [-0.4, -0.2) is 24.7 Å². The largest absolute Gasteiger partial charge is 0.504 e. The maximum atomic E-state index is 12.2. The molecular weight excluding hydrogens is 256 g/mol. The fraction of sp³-hybridized carbons (Fsp3) is 0.533. The first-order chi connectivity index (χ1) is 9.63. The van der Waals surface area contributed by atoms with Crippen LogP contribution in [0.5, 0.6) is 11.5 Å². The summed E-state index contributed by atoms with van der Waals surface area (Å²) >= 11 is 0. The van der Waals surface area contributed by atoms with E-state index in [-0.39, 0.29) is 17.6 Å². The van der Waals surface area contributed by atoms with E-state index in [2.05, 4.69) is 5.32 Å². The molecule has 0 spiro atoms. The van der Waals surface area contributed by atoms with Gasteiger partial charge in [-0.25, -0.2) is 0 Å². The average Bonchev–Trinajstić information content (AvgIpc) is 2.47. The minimum absolute atomic E-state index is 0.0186. The van der Waals surface area contributed by atoms with Crippen LogP contribution in [0.3, 0.4) is 0 Å². The maximum Gasteiger partial charge on any atom is 0.227 e. The quantitative estimate of drug-likeness (QED) is 0.787. The van der Waals surface area contributed by atoms with Gasteiger partial charge in [0.05, 0.1) is 7.11 Å². The lowest BCUT2D eigenvalue weighted by Gasteiger charge is -2.26. The Labute approximate surface area is 119 Å². The standard InChI is InChI=1S/C15H22N2O3/c1-20-14-7-6-12(8-13(14)18)17-15(19)11-4-2-10(9-16)3-5-11/h6-8,10-11,18H,2-5,9,16H2,1H3,(H,17,19). The predicted molar refractivity (Wildman–Crippen MR) is 77.8 cm³/mol. The molecule has 1 aromatic carbocycles. The molecule has 1 aliphatic rings. The Morgan fingerprint density at radius 1 is 1.40 bits per heavy atom. The van der Waals surface area contributed by atoms with Crippen LogP contribution in [0.25, 0.3) is 0 Å². The zero-order valence-electron chi connectivity index (χ0n) is 11.8. The van der Waals surface area contributed by atoms with Gasteiger partial charge in [-0.3, -0.25) is 4.79 Å². The fourth-order valence-corrected chi connectivity index (χ4v) is 2.67. The van der Waals surface area contributed by atoms with E-state index >= 15 is 0 Å². The van der Waals surface area contributed by atoms with Crippen LogP contribution >= 0.6 is 0 Å². The molecule has 0 saturated heterocycles. The number of amides is 1. The molecule has 1 saturated carbocycles. The molecular formula is C15H22N2O3. The summed E-state index contributed by atoms with van der Waals surface area (Å²) < 4.78 is 4.97. The zero-order valence-corrected chi connectivity index (χ0v) is 11.8. The van der Waals surface area contributed by atoms with Gasteiger partial charge in [-0.15, -0.1) is 0 Å². The first-order valence-electron chi connectivity index (χ1n) is 7.02. The van der Waals surface area contributed by atoms with Crippen LogP contribution in [0, 0.1) is 11.8 Å². The summed E-state index contributed by atoms with van der Waals surface area (Å²) in [5.74, 6) is 1.04. The van der Waals surface area contributed by atoms with Crippen molar-refractivity contribution in [1.82, 2.24) is 0 Å². The number of ether oxygens (including phenoxy) is 1. The molecule has 0 aromatic heterocycles. The number of aromatic hydroxyl groups is 1. The van der Waals surface area contributed by atoms with Crippen molar-refractivity contribution < 1.29 is 14.6 Å². The summed E-state index contributed by atoms with van der Waals surface area (Å²) in [5, 5.41) is 12.5. The van der Waals surface area contributed by atoms with Gasteiger partial charge in [0, 0.05) is 17.7 Å². The third-order valence-corrected chi connectivity index (χ3v) is 4.00. The second-order valence-electron chi connectivity index (χ2n) is 5.33. The highest BCUT2D eigenvalue weighted by atomic mass is 16.5. The number of rotatable bonds is 4. The highest BCUT2D eigenvalue weighted by Crippen LogP contribution is 2.31. The topological polar surface area (TPSA) is 84.6 Å². The molecule has 1 aliphatic carbocycles. The molecule has 1 amide bonds. The minimum atomic E-state index is 0.0186. The Bertz CT molecular complexity index is 468. The Kier molecular flexibility index (Phi) is 4.84. The van der Waals surface area contributed by atoms with Gasteiger partial charge < -0.3 is 20.9 Å². The third-order valence-electron chi connectivity index (χ3n) is 4.00. The summed E-state index contributed by atoms with van der Waals surface area (Å²) in [6.07, 6.45) is 3.80. The summed E-state index contributed by atoms with van der Waals surface area (Å²) in [7, 11) is 1.49. The molecule has 2 rings (SSSR count). The highest BCUT2D eigenvalue weighted by molar-refractivity contribution is 5.92. The number of anilines is 1. The van der Waals surface area contributed by atoms with Crippen LogP contribution < -0.4 is 15.8 Å². The minimum Gasteiger partial charge on any atom is -0.504 e. The van der Waals surface area contributed by atoms with Crippen LogP contribution in [0.1, 0.15) is 25.7 Å². The zero-order chi connectivity index (χ0) is 14.5. The Morgan fingerprint density at radius 2 is 2.10 bits per heavy atom. The second-order valence-corrected chi connectivity index (χ2v) is 5.33. The molecule has 110 valence electrons. The number of benzene rings is 1. The summed E-state index contributed by atoms with van der Waals surface area (Å²) in [5.41, 5.74) is 6.24. The van der Waals surface area contributed by atoms with E-state index in [0.29, 0.717) is 23.9 Å². The molecule has 20 heavy (non-hydrogen) atoms. The van der Waals surface area contributed by atoms with Gasteiger partial charge in [-0.1, -0.05) is 0 Å². The lowest BCUT2D eigenvalue weighted by molar-refractivity contribution is -0.121. The molecule has 5 nitrogen and oxygen atoms in total. The molecule has 0 heterocycles. The lowest BCUT2D eigenvalue weighted by atomic mass is 9.81. The number of methoxy groups -OCH3 is 1. The fourth-order valence-electron chi connectivity index (χ4n) is 2.67. The summed E-state index contributed by atoms with van der Waals surface area (Å²) in [6.45, 7) is 0.709. The first-order valence-corrected chi connectivity index (χ1v) is 7.02. The third kappa shape index (κ3) is 3.42. The smallest absolute Gasteiger partial charge is 0.227 e. The van der Waals surface area contributed by atoms with Crippen molar-refractivity contribution in [3.63, 3.8) is 0 Å². The van der Waals surface area contributed by atoms with Gasteiger partial charge in [0.15, 0.2) is 11.5 Å². The maximum absolute atomic E-state index is 12.2. The van der Waals surface area contributed by atoms with E-state index in [4.69, 9.17) is 10.5 Å². The van der Waals surface area contributed by atoms with Gasteiger partial charge in [-0.2, -0.15) is 0 Å². The SMILES string of the molecule is COc1ccc(NC(=O)C2CCC(CN)CC2)cc1O. The number of nitrogens with one attached hydrogen (secondary N) is 1. The van der Waals surface area contributed by atoms with Crippen molar-refractivity contribution in [2.75, 3.05) is 19.0 Å². The molecule has 0 bridgehead atoms. The number of phenols is 1. The van der Waals surface area contributed by atoms with Crippen LogP contribution in [0.15, 0.2) is 18.2 Å². The van der Waals surface area contributed by atoms with E-state index in [1.165, 1.54) is 13.2 Å². The number of hydrogen-bond acceptors (Lipinski definition) is 4. The molecule has 1 aromatic rings. The first kappa shape index (κ1) is 14.7. The summed E-state index contributed by atoms with van der Waals surface area (Å²) in [4.78, 5) is 12.2. The lowest BCUT2D eigenvalue weighted by Crippen LogP contribution is -2.29. The molecule has 0 atom stereocenters. The van der Waals surface area contributed by atoms with E-state index in [0.717, 1.165) is 25.7 Å². The Morgan fingerprint density at radius 3 is 2.65 bits per heavy atom. The Balaban J connectivity index is 1.93. The van der Waals surface area contributed by atoms with Gasteiger partial charge in [-0.05, 0) is 50.3 Å². The average molecular weight is 278 g/mol. The van der Waals surface area contributed by atoms with Gasteiger partial charge in [0.25, 0.3) is 0 Å². The molecule has 0 aliphatic heterocycles. The molecule has 4 N–H and O–H groups in total. The molecule has 0 unspecified atom stereocenters. The molecule has 5 heteroatoms. The summed E-state index contributed by atoms with van der Waals surface area (Å²) in [6, 6.07) is 4.86. The molecule has 1 fully saturated rings. The number of phenolic OH excluding ortho intramolecular Hbond substituents is 1. The van der Waals surface area contributed by atoms with Crippen molar-refractivity contribution in [1.29, 1.82) is 0 Å². The Hall–Kier alpha value is -1.75. The number of nitrogens with two attached hydrogens (primary N) is 1.